The molecule has 0 atom stereocenters. The third kappa shape index (κ3) is 7.87. The Balaban J connectivity index is 2.20. The Labute approximate surface area is 126 Å². The molecule has 0 aromatic rings. The van der Waals surface area contributed by atoms with Gasteiger partial charge in [-0.2, -0.15) is 0 Å². The van der Waals surface area contributed by atoms with Crippen LogP contribution in [0.1, 0.15) is 19.3 Å². The van der Waals surface area contributed by atoms with Crippen LogP contribution in [0.5, 0.6) is 0 Å². The summed E-state index contributed by atoms with van der Waals surface area (Å²) in [6, 6.07) is -0.0305. The van der Waals surface area contributed by atoms with Crippen LogP contribution in [0.15, 0.2) is 0 Å². The van der Waals surface area contributed by atoms with E-state index in [1.807, 2.05) is 19.0 Å². The standard InChI is InChI=1S/C14H28N4O3/c1-16(2)7-4-3-6-15-14(21)18-9-5-8-17(10-11-18)12-13(19)20/h3-12H2,1-2H3,(H,15,21)(H,19,20). The fourth-order valence-electron chi connectivity index (χ4n) is 2.38. The lowest BCUT2D eigenvalue weighted by Gasteiger charge is -2.21. The van der Waals surface area contributed by atoms with Crippen LogP contribution < -0.4 is 5.32 Å². The largest absolute Gasteiger partial charge is 0.480 e. The summed E-state index contributed by atoms with van der Waals surface area (Å²) >= 11 is 0. The van der Waals surface area contributed by atoms with Gasteiger partial charge in [0.1, 0.15) is 0 Å². The highest BCUT2D eigenvalue weighted by Crippen LogP contribution is 2.03. The van der Waals surface area contributed by atoms with Gasteiger partial charge in [0.15, 0.2) is 0 Å². The minimum absolute atomic E-state index is 0.0305. The minimum atomic E-state index is -0.811. The Morgan fingerprint density at radius 1 is 1.14 bits per heavy atom. The van der Waals surface area contributed by atoms with Crippen LogP contribution in [0.2, 0.25) is 0 Å². The third-order valence-electron chi connectivity index (χ3n) is 3.54. The number of hydrogen-bond donors (Lipinski definition) is 2. The van der Waals surface area contributed by atoms with Crippen molar-refractivity contribution in [2.75, 3.05) is 59.9 Å². The maximum atomic E-state index is 12.0. The molecule has 1 heterocycles. The van der Waals surface area contributed by atoms with Crippen molar-refractivity contribution in [2.24, 2.45) is 0 Å². The van der Waals surface area contributed by atoms with Gasteiger partial charge >= 0.3 is 12.0 Å². The molecule has 0 aromatic heterocycles. The monoisotopic (exact) mass is 300 g/mol. The van der Waals surface area contributed by atoms with Crippen molar-refractivity contribution >= 4 is 12.0 Å². The topological polar surface area (TPSA) is 76.1 Å². The summed E-state index contributed by atoms with van der Waals surface area (Å²) in [5.41, 5.74) is 0. The first-order valence-electron chi connectivity index (χ1n) is 7.60. The number of nitrogens with one attached hydrogen (secondary N) is 1. The Morgan fingerprint density at radius 2 is 1.90 bits per heavy atom. The fraction of sp³-hybridized carbons (Fsp3) is 0.857. The lowest BCUT2D eigenvalue weighted by molar-refractivity contribution is -0.138. The first-order chi connectivity index (χ1) is 9.99. The molecular weight excluding hydrogens is 272 g/mol. The second-order valence-electron chi connectivity index (χ2n) is 5.75. The van der Waals surface area contributed by atoms with Crippen LogP contribution in [0.3, 0.4) is 0 Å². The second kappa shape index (κ2) is 9.57. The normalized spacial score (nSPS) is 16.8. The molecular formula is C14H28N4O3. The van der Waals surface area contributed by atoms with E-state index in [0.29, 0.717) is 26.2 Å². The summed E-state index contributed by atoms with van der Waals surface area (Å²) in [6.45, 7) is 4.43. The number of carboxylic acid groups (broad SMARTS) is 1. The molecule has 0 spiro atoms. The van der Waals surface area contributed by atoms with Gasteiger partial charge in [-0.1, -0.05) is 0 Å². The van der Waals surface area contributed by atoms with E-state index < -0.39 is 5.97 Å². The molecule has 0 aliphatic carbocycles. The van der Waals surface area contributed by atoms with Gasteiger partial charge in [-0.05, 0) is 39.9 Å². The number of unbranched alkanes of at least 4 members (excludes halogenated alkanes) is 1. The quantitative estimate of drug-likeness (QED) is 0.654. The van der Waals surface area contributed by atoms with Crippen LogP contribution in [-0.2, 0) is 4.79 Å². The van der Waals surface area contributed by atoms with Crippen LogP contribution in [-0.4, -0.2) is 91.7 Å². The van der Waals surface area contributed by atoms with Gasteiger partial charge in [0.05, 0.1) is 6.54 Å². The Morgan fingerprint density at radius 3 is 2.57 bits per heavy atom. The number of aliphatic carboxylic acids is 1. The SMILES string of the molecule is CN(C)CCCCNC(=O)N1CCCN(CC(=O)O)CC1. The summed E-state index contributed by atoms with van der Waals surface area (Å²) < 4.78 is 0. The summed E-state index contributed by atoms with van der Waals surface area (Å²) in [5, 5.41) is 11.7. The number of amides is 2. The highest BCUT2D eigenvalue weighted by Gasteiger charge is 2.19. The molecule has 7 heteroatoms. The van der Waals surface area contributed by atoms with Gasteiger partial charge in [-0.25, -0.2) is 4.79 Å². The van der Waals surface area contributed by atoms with Crippen molar-refractivity contribution in [2.45, 2.75) is 19.3 Å². The first-order valence-corrected chi connectivity index (χ1v) is 7.60. The number of carbonyl (C=O) groups excluding carboxylic acids is 1. The predicted molar refractivity (Wildman–Crippen MR) is 81.5 cm³/mol. The minimum Gasteiger partial charge on any atom is -0.480 e. The van der Waals surface area contributed by atoms with E-state index in [0.717, 1.165) is 32.4 Å². The van der Waals surface area contributed by atoms with E-state index in [-0.39, 0.29) is 12.6 Å². The zero-order valence-electron chi connectivity index (χ0n) is 13.2. The maximum Gasteiger partial charge on any atom is 0.317 e. The maximum absolute atomic E-state index is 12.0. The lowest BCUT2D eigenvalue weighted by atomic mass is 10.3. The van der Waals surface area contributed by atoms with E-state index in [1.165, 1.54) is 0 Å². The first kappa shape index (κ1) is 17.7. The Hall–Kier alpha value is -1.34. The van der Waals surface area contributed by atoms with Crippen molar-refractivity contribution < 1.29 is 14.7 Å². The molecule has 0 aromatic carbocycles. The van der Waals surface area contributed by atoms with Gasteiger partial charge in [0, 0.05) is 32.7 Å². The molecule has 1 aliphatic rings. The van der Waals surface area contributed by atoms with Gasteiger partial charge in [-0.3, -0.25) is 9.69 Å². The van der Waals surface area contributed by atoms with Gasteiger partial charge in [0.2, 0.25) is 0 Å². The smallest absolute Gasteiger partial charge is 0.317 e. The van der Waals surface area contributed by atoms with Crippen LogP contribution in [0, 0.1) is 0 Å². The van der Waals surface area contributed by atoms with Crippen LogP contribution in [0.4, 0.5) is 4.79 Å². The summed E-state index contributed by atoms with van der Waals surface area (Å²) in [4.78, 5) is 28.6. The molecule has 0 unspecified atom stereocenters. The third-order valence-corrected chi connectivity index (χ3v) is 3.54. The van der Waals surface area contributed by atoms with Gasteiger partial charge in [-0.15, -0.1) is 0 Å². The number of urea groups is 1. The average molecular weight is 300 g/mol. The van der Waals surface area contributed by atoms with E-state index in [4.69, 9.17) is 5.11 Å². The van der Waals surface area contributed by atoms with Crippen molar-refractivity contribution in [1.82, 2.24) is 20.0 Å². The van der Waals surface area contributed by atoms with Gasteiger partial charge in [0.25, 0.3) is 0 Å². The number of carbonyl (C=O) groups is 2. The van der Waals surface area contributed by atoms with E-state index in [1.54, 1.807) is 4.90 Å². The highest BCUT2D eigenvalue weighted by atomic mass is 16.4. The number of carboxylic acids is 1. The van der Waals surface area contributed by atoms with Crippen LogP contribution in [0.25, 0.3) is 0 Å². The van der Waals surface area contributed by atoms with Crippen LogP contribution >= 0.6 is 0 Å². The zero-order valence-corrected chi connectivity index (χ0v) is 13.2. The predicted octanol–water partition coefficient (Wildman–Crippen LogP) is 0.130. The molecule has 1 aliphatic heterocycles. The number of rotatable bonds is 7. The average Bonchev–Trinajstić information content (AvgIpc) is 2.62. The fourth-order valence-corrected chi connectivity index (χ4v) is 2.38. The lowest BCUT2D eigenvalue weighted by Crippen LogP contribution is -2.42. The summed E-state index contributed by atoms with van der Waals surface area (Å²) in [7, 11) is 4.08. The summed E-state index contributed by atoms with van der Waals surface area (Å²) in [5.74, 6) is -0.811. The Kier molecular flexibility index (Phi) is 8.07. The number of nitrogens with zero attached hydrogens (tertiary/aromatic N) is 3. The molecule has 1 fully saturated rings. The highest BCUT2D eigenvalue weighted by molar-refractivity contribution is 5.74. The summed E-state index contributed by atoms with van der Waals surface area (Å²) in [6.07, 6.45) is 2.86. The Bertz CT molecular complexity index is 336. The van der Waals surface area contributed by atoms with Crippen molar-refractivity contribution in [1.29, 1.82) is 0 Å². The molecule has 1 saturated heterocycles. The molecule has 2 amide bonds. The number of hydrogen-bond acceptors (Lipinski definition) is 4. The van der Waals surface area contributed by atoms with E-state index >= 15 is 0 Å². The molecule has 122 valence electrons. The molecule has 1 rings (SSSR count). The second-order valence-corrected chi connectivity index (χ2v) is 5.75. The van der Waals surface area contributed by atoms with Crippen molar-refractivity contribution in [3.63, 3.8) is 0 Å². The molecule has 0 bridgehead atoms. The van der Waals surface area contributed by atoms with E-state index in [2.05, 4.69) is 10.2 Å². The molecule has 7 nitrogen and oxygen atoms in total. The molecule has 0 radical (unpaired) electrons. The molecule has 21 heavy (non-hydrogen) atoms. The van der Waals surface area contributed by atoms with Gasteiger partial charge < -0.3 is 20.2 Å². The van der Waals surface area contributed by atoms with Crippen molar-refractivity contribution in [3.05, 3.63) is 0 Å². The zero-order chi connectivity index (χ0) is 15.7. The van der Waals surface area contributed by atoms with Crippen molar-refractivity contribution in [3.8, 4) is 0 Å². The van der Waals surface area contributed by atoms with E-state index in [9.17, 15) is 9.59 Å². The molecule has 2 N–H and O–H groups in total. The molecule has 0 saturated carbocycles.